The lowest BCUT2D eigenvalue weighted by molar-refractivity contribution is 0.0950. The predicted molar refractivity (Wildman–Crippen MR) is 121 cm³/mol. The van der Waals surface area contributed by atoms with Crippen LogP contribution in [0.15, 0.2) is 48.9 Å². The number of hydrogen-bond acceptors (Lipinski definition) is 3. The maximum Gasteiger partial charge on any atom is 0.251 e. The van der Waals surface area contributed by atoms with E-state index in [1.54, 1.807) is 12.4 Å². The van der Waals surface area contributed by atoms with E-state index in [0.29, 0.717) is 12.1 Å². The van der Waals surface area contributed by atoms with Crippen molar-refractivity contribution in [3.63, 3.8) is 0 Å². The van der Waals surface area contributed by atoms with E-state index in [9.17, 15) is 4.79 Å². The molecule has 0 atom stereocenters. The highest BCUT2D eigenvalue weighted by atomic mass is 16.1. The van der Waals surface area contributed by atoms with Crippen molar-refractivity contribution in [1.82, 2.24) is 20.1 Å². The Morgan fingerprint density at radius 1 is 0.967 bits per heavy atom. The van der Waals surface area contributed by atoms with Gasteiger partial charge in [-0.1, -0.05) is 47.6 Å². The zero-order valence-electron chi connectivity index (χ0n) is 19.1. The van der Waals surface area contributed by atoms with Gasteiger partial charge in [0, 0.05) is 43.3 Å². The molecule has 0 saturated carbocycles. The average Bonchev–Trinajstić information content (AvgIpc) is 3.10. The van der Waals surface area contributed by atoms with Crippen LogP contribution < -0.4 is 5.32 Å². The molecule has 2 aromatic heterocycles. The molecule has 158 valence electrons. The summed E-state index contributed by atoms with van der Waals surface area (Å²) in [6, 6.07) is 10.2. The van der Waals surface area contributed by atoms with Crippen LogP contribution in [-0.2, 0) is 24.4 Å². The summed E-state index contributed by atoms with van der Waals surface area (Å²) < 4.78 is 1.81. The van der Waals surface area contributed by atoms with Crippen LogP contribution in [0.4, 0.5) is 0 Å². The maximum atomic E-state index is 13.0. The highest BCUT2D eigenvalue weighted by molar-refractivity contribution is 5.94. The summed E-state index contributed by atoms with van der Waals surface area (Å²) in [4.78, 5) is 17.3. The third-order valence-corrected chi connectivity index (χ3v) is 5.29. The Kier molecular flexibility index (Phi) is 5.84. The summed E-state index contributed by atoms with van der Waals surface area (Å²) in [6.45, 7) is 13.5. The number of carbonyl (C=O) groups is 1. The SMILES string of the molecule is Cn1nccc1-c1cncc(CNC(=O)c2cc(C(C)(C)C)cc(C(C)(C)C)c2)c1. The Morgan fingerprint density at radius 3 is 2.13 bits per heavy atom. The van der Waals surface area contributed by atoms with Gasteiger partial charge in [0.05, 0.1) is 5.69 Å². The molecular formula is C25H32N4O. The van der Waals surface area contributed by atoms with Crippen LogP contribution in [0, 0.1) is 0 Å². The number of amides is 1. The number of aromatic nitrogens is 3. The molecule has 30 heavy (non-hydrogen) atoms. The molecule has 0 unspecified atom stereocenters. The fraction of sp³-hybridized carbons (Fsp3) is 0.400. The number of benzene rings is 1. The van der Waals surface area contributed by atoms with E-state index >= 15 is 0 Å². The second kappa shape index (κ2) is 8.05. The fourth-order valence-corrected chi connectivity index (χ4v) is 3.29. The number of nitrogens with one attached hydrogen (secondary N) is 1. The summed E-state index contributed by atoms with van der Waals surface area (Å²) in [5.74, 6) is -0.0717. The van der Waals surface area contributed by atoms with Crippen LogP contribution in [0.25, 0.3) is 11.3 Å². The summed E-state index contributed by atoms with van der Waals surface area (Å²) in [7, 11) is 1.90. The van der Waals surface area contributed by atoms with Crippen molar-refractivity contribution in [2.45, 2.75) is 58.9 Å². The van der Waals surface area contributed by atoms with Crippen molar-refractivity contribution in [2.75, 3.05) is 0 Å². The second-order valence-corrected chi connectivity index (χ2v) is 9.90. The van der Waals surface area contributed by atoms with E-state index in [1.165, 1.54) is 11.1 Å². The molecule has 1 amide bonds. The second-order valence-electron chi connectivity index (χ2n) is 9.90. The predicted octanol–water partition coefficient (Wildman–Crippen LogP) is 5.01. The smallest absolute Gasteiger partial charge is 0.251 e. The van der Waals surface area contributed by atoms with Gasteiger partial charge >= 0.3 is 0 Å². The summed E-state index contributed by atoms with van der Waals surface area (Å²) in [6.07, 6.45) is 5.36. The minimum absolute atomic E-state index is 0.0301. The molecule has 5 heteroatoms. The highest BCUT2D eigenvalue weighted by Gasteiger charge is 2.22. The molecule has 1 N–H and O–H groups in total. The molecule has 5 nitrogen and oxygen atoms in total. The van der Waals surface area contributed by atoms with Crippen LogP contribution >= 0.6 is 0 Å². The lowest BCUT2D eigenvalue weighted by atomic mass is 9.79. The van der Waals surface area contributed by atoms with E-state index < -0.39 is 0 Å². The molecule has 0 aliphatic rings. The van der Waals surface area contributed by atoms with Crippen molar-refractivity contribution < 1.29 is 4.79 Å². The lowest BCUT2D eigenvalue weighted by Gasteiger charge is -2.26. The van der Waals surface area contributed by atoms with E-state index in [1.807, 2.05) is 42.2 Å². The van der Waals surface area contributed by atoms with Gasteiger partial charge < -0.3 is 5.32 Å². The Balaban J connectivity index is 1.82. The minimum atomic E-state index is -0.0717. The molecule has 2 heterocycles. The number of hydrogen-bond donors (Lipinski definition) is 1. The normalized spacial score (nSPS) is 12.1. The van der Waals surface area contributed by atoms with Crippen molar-refractivity contribution in [3.05, 3.63) is 71.2 Å². The van der Waals surface area contributed by atoms with Gasteiger partial charge in [0.1, 0.15) is 0 Å². The van der Waals surface area contributed by atoms with Crippen LogP contribution in [-0.4, -0.2) is 20.7 Å². The quantitative estimate of drug-likeness (QED) is 0.665. The molecule has 3 aromatic rings. The first kappa shape index (κ1) is 21.8. The first-order chi connectivity index (χ1) is 13.9. The summed E-state index contributed by atoms with van der Waals surface area (Å²) in [5.41, 5.74) is 5.89. The van der Waals surface area contributed by atoms with E-state index in [4.69, 9.17) is 0 Å². The number of carbonyl (C=O) groups excluding carboxylic acids is 1. The first-order valence-electron chi connectivity index (χ1n) is 10.3. The van der Waals surface area contributed by atoms with Gasteiger partial charge in [0.25, 0.3) is 5.91 Å². The Labute approximate surface area is 179 Å². The van der Waals surface area contributed by atoms with Gasteiger partial charge in [-0.3, -0.25) is 14.5 Å². The lowest BCUT2D eigenvalue weighted by Crippen LogP contribution is -2.25. The highest BCUT2D eigenvalue weighted by Crippen LogP contribution is 2.30. The van der Waals surface area contributed by atoms with Crippen molar-refractivity contribution >= 4 is 5.91 Å². The van der Waals surface area contributed by atoms with Crippen molar-refractivity contribution in [1.29, 1.82) is 0 Å². The largest absolute Gasteiger partial charge is 0.348 e. The Hall–Kier alpha value is -2.95. The van der Waals surface area contributed by atoms with Gasteiger partial charge in [-0.05, 0) is 51.8 Å². The van der Waals surface area contributed by atoms with Gasteiger partial charge in [-0.25, -0.2) is 0 Å². The molecule has 0 radical (unpaired) electrons. The molecule has 3 rings (SSSR count). The number of nitrogens with zero attached hydrogens (tertiary/aromatic N) is 3. The molecule has 0 aliphatic heterocycles. The monoisotopic (exact) mass is 404 g/mol. The molecular weight excluding hydrogens is 372 g/mol. The zero-order chi connectivity index (χ0) is 22.1. The van der Waals surface area contributed by atoms with Crippen LogP contribution in [0.2, 0.25) is 0 Å². The molecule has 0 bridgehead atoms. The molecule has 0 saturated heterocycles. The number of aryl methyl sites for hydroxylation is 1. The molecule has 0 aliphatic carbocycles. The van der Waals surface area contributed by atoms with Gasteiger partial charge in [-0.2, -0.15) is 5.10 Å². The van der Waals surface area contributed by atoms with Crippen LogP contribution in [0.5, 0.6) is 0 Å². The standard InChI is InChI=1S/C25H32N4O/c1-24(2,3)20-11-18(12-21(13-20)25(4,5)6)23(30)27-15-17-10-19(16-26-14-17)22-8-9-28-29(22)7/h8-14,16H,15H2,1-7H3,(H,27,30). The topological polar surface area (TPSA) is 59.8 Å². The van der Waals surface area contributed by atoms with Crippen LogP contribution in [0.1, 0.15) is 68.6 Å². The number of rotatable bonds is 4. The third kappa shape index (κ3) is 4.96. The number of pyridine rings is 1. The molecule has 1 aromatic carbocycles. The fourth-order valence-electron chi connectivity index (χ4n) is 3.29. The average molecular weight is 405 g/mol. The van der Waals surface area contributed by atoms with Crippen LogP contribution in [0.3, 0.4) is 0 Å². The van der Waals surface area contributed by atoms with E-state index in [0.717, 1.165) is 16.8 Å². The summed E-state index contributed by atoms with van der Waals surface area (Å²) >= 11 is 0. The molecule has 0 fully saturated rings. The van der Waals surface area contributed by atoms with Gasteiger partial charge in [0.2, 0.25) is 0 Å². The maximum absolute atomic E-state index is 13.0. The Morgan fingerprint density at radius 2 is 1.60 bits per heavy atom. The minimum Gasteiger partial charge on any atom is -0.348 e. The zero-order valence-corrected chi connectivity index (χ0v) is 19.1. The molecule has 0 spiro atoms. The summed E-state index contributed by atoms with van der Waals surface area (Å²) in [5, 5.41) is 7.27. The third-order valence-electron chi connectivity index (χ3n) is 5.29. The first-order valence-corrected chi connectivity index (χ1v) is 10.3. The van der Waals surface area contributed by atoms with Gasteiger partial charge in [0.15, 0.2) is 0 Å². The van der Waals surface area contributed by atoms with Gasteiger partial charge in [-0.15, -0.1) is 0 Å². The van der Waals surface area contributed by atoms with Crippen molar-refractivity contribution in [3.8, 4) is 11.3 Å². The Bertz CT molecular complexity index is 1020. The van der Waals surface area contributed by atoms with Crippen molar-refractivity contribution in [2.24, 2.45) is 7.05 Å². The van der Waals surface area contributed by atoms with E-state index in [2.05, 4.69) is 63.0 Å². The van der Waals surface area contributed by atoms with E-state index in [-0.39, 0.29) is 16.7 Å².